The predicted octanol–water partition coefficient (Wildman–Crippen LogP) is 7.60. The van der Waals surface area contributed by atoms with Gasteiger partial charge < -0.3 is 10.6 Å². The van der Waals surface area contributed by atoms with E-state index in [2.05, 4.69) is 10.6 Å². The Morgan fingerprint density at radius 1 is 0.594 bits per heavy atom. The lowest BCUT2D eigenvalue weighted by molar-refractivity contribution is -0.112. The van der Waals surface area contributed by atoms with Crippen molar-refractivity contribution in [1.29, 1.82) is 0 Å². The fourth-order valence-electron chi connectivity index (χ4n) is 2.70. The third kappa shape index (κ3) is 6.62. The van der Waals surface area contributed by atoms with Crippen molar-refractivity contribution in [2.45, 2.75) is 0 Å². The summed E-state index contributed by atoms with van der Waals surface area (Å²) in [6.07, 6.45) is 5.73. The van der Waals surface area contributed by atoms with Gasteiger partial charge in [0.15, 0.2) is 0 Å². The molecular formula is C24H16Cl4N2O2. The minimum atomic E-state index is -0.377. The first-order valence-corrected chi connectivity index (χ1v) is 10.8. The zero-order valence-corrected chi connectivity index (χ0v) is 19.4. The molecule has 162 valence electrons. The average molecular weight is 506 g/mol. The van der Waals surface area contributed by atoms with Crippen molar-refractivity contribution >= 4 is 81.7 Å². The van der Waals surface area contributed by atoms with E-state index in [1.54, 1.807) is 60.7 Å². The normalized spacial score (nSPS) is 11.1. The molecule has 32 heavy (non-hydrogen) atoms. The second-order valence-corrected chi connectivity index (χ2v) is 8.13. The molecular weight excluding hydrogens is 490 g/mol. The topological polar surface area (TPSA) is 58.2 Å². The maximum absolute atomic E-state index is 12.3. The smallest absolute Gasteiger partial charge is 0.248 e. The van der Waals surface area contributed by atoms with Crippen LogP contribution in [0.4, 0.5) is 11.4 Å². The molecule has 0 bridgehead atoms. The highest BCUT2D eigenvalue weighted by Crippen LogP contribution is 2.26. The number of amides is 2. The van der Waals surface area contributed by atoms with Crippen LogP contribution in [0.15, 0.2) is 72.8 Å². The lowest BCUT2D eigenvalue weighted by Crippen LogP contribution is -2.10. The van der Waals surface area contributed by atoms with Gasteiger partial charge in [-0.15, -0.1) is 0 Å². The van der Waals surface area contributed by atoms with Gasteiger partial charge in [-0.05, 0) is 54.6 Å². The highest BCUT2D eigenvalue weighted by Gasteiger charge is 2.06. The SMILES string of the molecule is O=C(C=Cc1c(Cl)cccc1Cl)Nc1cccc(NC(=O)C=Cc2c(Cl)cccc2Cl)c1. The van der Waals surface area contributed by atoms with Gasteiger partial charge in [0, 0.05) is 54.7 Å². The molecule has 2 amide bonds. The molecule has 0 radical (unpaired) electrons. The number of nitrogens with one attached hydrogen (secondary N) is 2. The number of hydrogen-bond donors (Lipinski definition) is 2. The molecule has 0 atom stereocenters. The Morgan fingerprint density at radius 2 is 0.938 bits per heavy atom. The molecule has 0 fully saturated rings. The van der Waals surface area contributed by atoms with Gasteiger partial charge in [0.2, 0.25) is 11.8 Å². The summed E-state index contributed by atoms with van der Waals surface area (Å²) in [7, 11) is 0. The number of hydrogen-bond acceptors (Lipinski definition) is 2. The summed E-state index contributed by atoms with van der Waals surface area (Å²) in [5.74, 6) is -0.754. The molecule has 3 rings (SSSR count). The van der Waals surface area contributed by atoms with Crippen LogP contribution in [-0.2, 0) is 9.59 Å². The molecule has 8 heteroatoms. The zero-order chi connectivity index (χ0) is 23.1. The Morgan fingerprint density at radius 3 is 1.31 bits per heavy atom. The van der Waals surface area contributed by atoms with Gasteiger partial charge >= 0.3 is 0 Å². The van der Waals surface area contributed by atoms with E-state index >= 15 is 0 Å². The Kier molecular flexibility index (Phi) is 8.37. The van der Waals surface area contributed by atoms with Crippen molar-refractivity contribution in [3.63, 3.8) is 0 Å². The van der Waals surface area contributed by atoms with Crippen LogP contribution < -0.4 is 10.6 Å². The van der Waals surface area contributed by atoms with Crippen LogP contribution >= 0.6 is 46.4 Å². The monoisotopic (exact) mass is 504 g/mol. The van der Waals surface area contributed by atoms with E-state index in [1.165, 1.54) is 24.3 Å². The Balaban J connectivity index is 1.64. The van der Waals surface area contributed by atoms with Crippen molar-refractivity contribution < 1.29 is 9.59 Å². The van der Waals surface area contributed by atoms with Crippen molar-refractivity contribution in [2.24, 2.45) is 0 Å². The summed E-state index contributed by atoms with van der Waals surface area (Å²) in [5, 5.41) is 7.21. The van der Waals surface area contributed by atoms with Gasteiger partial charge in [-0.25, -0.2) is 0 Å². The van der Waals surface area contributed by atoms with Crippen molar-refractivity contribution in [3.8, 4) is 0 Å². The molecule has 0 aliphatic heterocycles. The van der Waals surface area contributed by atoms with Gasteiger partial charge in [0.05, 0.1) is 0 Å². The standard InChI is InChI=1S/C24H16Cl4N2O2/c25-19-6-2-7-20(26)17(19)10-12-23(31)29-15-4-1-5-16(14-15)30-24(32)13-11-18-21(27)8-3-9-22(18)28/h1-14H,(H,29,31)(H,30,32). The first-order valence-electron chi connectivity index (χ1n) is 9.29. The van der Waals surface area contributed by atoms with Gasteiger partial charge in [0.1, 0.15) is 0 Å². The largest absolute Gasteiger partial charge is 0.322 e. The first kappa shape index (κ1) is 23.9. The van der Waals surface area contributed by atoms with Crippen LogP contribution in [0.3, 0.4) is 0 Å². The maximum atomic E-state index is 12.3. The third-order valence-electron chi connectivity index (χ3n) is 4.20. The molecule has 0 unspecified atom stereocenters. The molecule has 0 saturated heterocycles. The quantitative estimate of drug-likeness (QED) is 0.339. The number of benzene rings is 3. The zero-order valence-electron chi connectivity index (χ0n) is 16.4. The molecule has 3 aromatic rings. The number of carbonyl (C=O) groups is 2. The molecule has 3 aromatic carbocycles. The molecule has 0 aliphatic carbocycles. The second kappa shape index (κ2) is 11.2. The average Bonchev–Trinajstić information content (AvgIpc) is 2.73. The summed E-state index contributed by atoms with van der Waals surface area (Å²) < 4.78 is 0. The predicted molar refractivity (Wildman–Crippen MR) is 135 cm³/mol. The number of carbonyl (C=O) groups excluding carboxylic acids is 2. The summed E-state index contributed by atoms with van der Waals surface area (Å²) in [5.41, 5.74) is 2.11. The first-order chi connectivity index (χ1) is 15.3. The second-order valence-electron chi connectivity index (χ2n) is 6.50. The van der Waals surface area contributed by atoms with Crippen molar-refractivity contribution in [2.75, 3.05) is 10.6 Å². The maximum Gasteiger partial charge on any atom is 0.248 e. The lowest BCUT2D eigenvalue weighted by Gasteiger charge is -2.07. The third-order valence-corrected chi connectivity index (χ3v) is 5.52. The molecule has 0 aliphatic rings. The van der Waals surface area contributed by atoms with E-state index in [4.69, 9.17) is 46.4 Å². The molecule has 0 spiro atoms. The van der Waals surface area contributed by atoms with Gasteiger partial charge in [-0.1, -0.05) is 64.6 Å². The van der Waals surface area contributed by atoms with E-state index in [-0.39, 0.29) is 11.8 Å². The van der Waals surface area contributed by atoms with Crippen molar-refractivity contribution in [1.82, 2.24) is 0 Å². The Bertz CT molecular complexity index is 1090. The summed E-state index contributed by atoms with van der Waals surface area (Å²) >= 11 is 24.4. The number of rotatable bonds is 6. The summed E-state index contributed by atoms with van der Waals surface area (Å²) in [4.78, 5) is 24.5. The molecule has 0 heterocycles. The van der Waals surface area contributed by atoms with Gasteiger partial charge in [0.25, 0.3) is 0 Å². The van der Waals surface area contributed by atoms with E-state index in [1.807, 2.05) is 0 Å². The Hall–Kier alpha value is -2.76. The van der Waals surface area contributed by atoms with Crippen LogP contribution in [0, 0.1) is 0 Å². The minimum absolute atomic E-state index is 0.377. The van der Waals surface area contributed by atoms with Crippen LogP contribution in [0.5, 0.6) is 0 Å². The van der Waals surface area contributed by atoms with Gasteiger partial charge in [-0.3, -0.25) is 9.59 Å². The van der Waals surface area contributed by atoms with Crippen molar-refractivity contribution in [3.05, 3.63) is 104 Å². The van der Waals surface area contributed by atoms with Crippen LogP contribution in [0.25, 0.3) is 12.2 Å². The highest BCUT2D eigenvalue weighted by atomic mass is 35.5. The molecule has 2 N–H and O–H groups in total. The van der Waals surface area contributed by atoms with E-state index in [0.29, 0.717) is 42.6 Å². The fraction of sp³-hybridized carbons (Fsp3) is 0. The van der Waals surface area contributed by atoms with E-state index in [9.17, 15) is 9.59 Å². The van der Waals surface area contributed by atoms with Crippen LogP contribution in [-0.4, -0.2) is 11.8 Å². The molecule has 0 saturated carbocycles. The number of halogens is 4. The highest BCUT2D eigenvalue weighted by molar-refractivity contribution is 6.37. The molecule has 0 aromatic heterocycles. The van der Waals surface area contributed by atoms with E-state index < -0.39 is 0 Å². The van der Waals surface area contributed by atoms with Crippen LogP contribution in [0.2, 0.25) is 20.1 Å². The summed E-state index contributed by atoms with van der Waals surface area (Å²) in [6.45, 7) is 0. The minimum Gasteiger partial charge on any atom is -0.322 e. The summed E-state index contributed by atoms with van der Waals surface area (Å²) in [6, 6.07) is 16.9. The fourth-order valence-corrected chi connectivity index (χ4v) is 3.75. The number of anilines is 2. The van der Waals surface area contributed by atoms with Gasteiger partial charge in [-0.2, -0.15) is 0 Å². The lowest BCUT2D eigenvalue weighted by atomic mass is 10.2. The Labute approximate surface area is 205 Å². The van der Waals surface area contributed by atoms with Crippen LogP contribution in [0.1, 0.15) is 11.1 Å². The van der Waals surface area contributed by atoms with E-state index in [0.717, 1.165) is 0 Å². The molecule has 4 nitrogen and oxygen atoms in total.